The van der Waals surface area contributed by atoms with Crippen LogP contribution in [-0.4, -0.2) is 51.3 Å². The molecule has 1 unspecified atom stereocenters. The van der Waals surface area contributed by atoms with Crippen LogP contribution in [-0.2, 0) is 11.3 Å². The first-order chi connectivity index (χ1) is 13.2. The van der Waals surface area contributed by atoms with Crippen molar-refractivity contribution in [3.8, 4) is 16.9 Å². The molecule has 1 saturated heterocycles. The molecule has 1 aromatic heterocycles. The maximum atomic E-state index is 5.49. The van der Waals surface area contributed by atoms with Crippen LogP contribution in [0.1, 0.15) is 18.2 Å². The first kappa shape index (κ1) is 19.7. The summed E-state index contributed by atoms with van der Waals surface area (Å²) in [7, 11) is 3.80. The van der Waals surface area contributed by atoms with Gasteiger partial charge < -0.3 is 19.7 Å². The van der Waals surface area contributed by atoms with Crippen LogP contribution < -0.4 is 10.1 Å². The van der Waals surface area contributed by atoms with Gasteiger partial charge in [0.2, 0.25) is 0 Å². The van der Waals surface area contributed by atoms with Gasteiger partial charge in [-0.2, -0.15) is 0 Å². The molecule has 0 radical (unpaired) electrons. The van der Waals surface area contributed by atoms with Crippen LogP contribution in [0, 0.1) is 5.92 Å². The number of hydrogen-bond donors (Lipinski definition) is 1. The molecule has 2 aromatic rings. The van der Waals surface area contributed by atoms with E-state index in [9.17, 15) is 0 Å². The summed E-state index contributed by atoms with van der Waals surface area (Å²) < 4.78 is 10.7. The van der Waals surface area contributed by atoms with E-state index in [1.54, 1.807) is 18.4 Å². The minimum absolute atomic E-state index is 0.599. The Bertz CT molecular complexity index is 736. The lowest BCUT2D eigenvalue weighted by Gasteiger charge is -2.24. The van der Waals surface area contributed by atoms with Crippen LogP contribution in [0.15, 0.2) is 40.7 Å². The van der Waals surface area contributed by atoms with Gasteiger partial charge in [-0.05, 0) is 48.1 Å². The number of benzene rings is 1. The van der Waals surface area contributed by atoms with E-state index < -0.39 is 0 Å². The lowest BCUT2D eigenvalue weighted by Crippen LogP contribution is -2.41. The molecule has 2 heterocycles. The number of nitrogens with zero attached hydrogens (tertiary/aromatic N) is 2. The Balaban J connectivity index is 1.64. The van der Waals surface area contributed by atoms with Crippen molar-refractivity contribution in [3.63, 3.8) is 0 Å². The first-order valence-corrected chi connectivity index (χ1v) is 10.4. The van der Waals surface area contributed by atoms with Gasteiger partial charge in [-0.1, -0.05) is 12.1 Å². The third-order valence-electron chi connectivity index (χ3n) is 4.71. The second-order valence-corrected chi connectivity index (χ2v) is 7.81. The third-order valence-corrected chi connectivity index (χ3v) is 5.64. The highest BCUT2D eigenvalue weighted by Crippen LogP contribution is 2.27. The Morgan fingerprint density at radius 3 is 2.81 bits per heavy atom. The first-order valence-electron chi connectivity index (χ1n) is 9.48. The molecule has 146 valence electrons. The summed E-state index contributed by atoms with van der Waals surface area (Å²) >= 11 is 1.75. The standard InChI is InChI=1S/C21H29N3O2S/c1-4-22-21(24(2)13-16-9-10-26-14-16)23-12-20-11-18(15-27-20)17-5-7-19(25-3)8-6-17/h5-8,11,15-16H,4,9-10,12-14H2,1-3H3,(H,22,23). The van der Waals surface area contributed by atoms with Gasteiger partial charge in [0.15, 0.2) is 5.96 Å². The summed E-state index contributed by atoms with van der Waals surface area (Å²) in [4.78, 5) is 8.32. The average Bonchev–Trinajstić information content (AvgIpc) is 3.37. The monoisotopic (exact) mass is 387 g/mol. The maximum absolute atomic E-state index is 5.49. The number of rotatable bonds is 7. The third kappa shape index (κ3) is 5.47. The van der Waals surface area contributed by atoms with Crippen molar-refractivity contribution < 1.29 is 9.47 Å². The SMILES string of the molecule is CCNC(=NCc1cc(-c2ccc(OC)cc2)cs1)N(C)CC1CCOC1. The lowest BCUT2D eigenvalue weighted by molar-refractivity contribution is 0.181. The van der Waals surface area contributed by atoms with Crippen LogP contribution in [0.25, 0.3) is 11.1 Å². The molecule has 27 heavy (non-hydrogen) atoms. The van der Waals surface area contributed by atoms with Gasteiger partial charge in [-0.25, -0.2) is 4.99 Å². The van der Waals surface area contributed by atoms with Crippen LogP contribution in [0.3, 0.4) is 0 Å². The number of guanidine groups is 1. The number of aliphatic imine (C=N–C) groups is 1. The Kier molecular flexibility index (Phi) is 7.12. The van der Waals surface area contributed by atoms with Gasteiger partial charge in [-0.15, -0.1) is 11.3 Å². The van der Waals surface area contributed by atoms with Crippen LogP contribution >= 0.6 is 11.3 Å². The molecular weight excluding hydrogens is 358 g/mol. The van der Waals surface area contributed by atoms with Crippen LogP contribution in [0.5, 0.6) is 5.75 Å². The minimum atomic E-state index is 0.599. The molecule has 0 amide bonds. The Morgan fingerprint density at radius 1 is 1.33 bits per heavy atom. The molecule has 5 nitrogen and oxygen atoms in total. The number of nitrogens with one attached hydrogen (secondary N) is 1. The summed E-state index contributed by atoms with van der Waals surface area (Å²) in [6.07, 6.45) is 1.14. The second-order valence-electron chi connectivity index (χ2n) is 6.81. The van der Waals surface area contributed by atoms with E-state index in [0.29, 0.717) is 12.5 Å². The molecule has 6 heteroatoms. The number of ether oxygens (including phenoxy) is 2. The number of thiophene rings is 1. The summed E-state index contributed by atoms with van der Waals surface area (Å²) in [6, 6.07) is 10.4. The van der Waals surface area contributed by atoms with Crippen molar-refractivity contribution in [2.75, 3.05) is 40.5 Å². The summed E-state index contributed by atoms with van der Waals surface area (Å²) in [6.45, 7) is 6.39. The van der Waals surface area contributed by atoms with Crippen molar-refractivity contribution in [1.29, 1.82) is 0 Å². The van der Waals surface area contributed by atoms with Crippen LogP contribution in [0.4, 0.5) is 0 Å². The molecule has 0 spiro atoms. The number of hydrogen-bond acceptors (Lipinski definition) is 4. The molecule has 0 saturated carbocycles. The molecule has 0 bridgehead atoms. The highest BCUT2D eigenvalue weighted by atomic mass is 32.1. The fourth-order valence-electron chi connectivity index (χ4n) is 3.22. The average molecular weight is 388 g/mol. The zero-order valence-corrected chi connectivity index (χ0v) is 17.2. The lowest BCUT2D eigenvalue weighted by atomic mass is 10.1. The normalized spacial score (nSPS) is 17.1. The summed E-state index contributed by atoms with van der Waals surface area (Å²) in [5.74, 6) is 2.44. The van der Waals surface area contributed by atoms with Gasteiger partial charge in [-0.3, -0.25) is 0 Å². The fourth-order valence-corrected chi connectivity index (χ4v) is 4.04. The second kappa shape index (κ2) is 9.76. The zero-order valence-electron chi connectivity index (χ0n) is 16.4. The van der Waals surface area contributed by atoms with E-state index in [-0.39, 0.29) is 0 Å². The van der Waals surface area contributed by atoms with Crippen molar-refractivity contribution in [1.82, 2.24) is 10.2 Å². The molecule has 1 atom stereocenters. The van der Waals surface area contributed by atoms with Gasteiger partial charge in [0, 0.05) is 37.5 Å². The smallest absolute Gasteiger partial charge is 0.194 e. The van der Waals surface area contributed by atoms with Crippen LogP contribution in [0.2, 0.25) is 0 Å². The molecule has 1 aliphatic rings. The van der Waals surface area contributed by atoms with Gasteiger partial charge in [0.1, 0.15) is 5.75 Å². The highest BCUT2D eigenvalue weighted by Gasteiger charge is 2.19. The molecule has 1 N–H and O–H groups in total. The molecule has 1 aliphatic heterocycles. The van der Waals surface area contributed by atoms with Gasteiger partial charge in [0.25, 0.3) is 0 Å². The quantitative estimate of drug-likeness (QED) is 0.579. The van der Waals surface area contributed by atoms with Gasteiger partial charge >= 0.3 is 0 Å². The van der Waals surface area contributed by atoms with E-state index in [0.717, 1.165) is 44.4 Å². The Hall–Kier alpha value is -2.05. The van der Waals surface area contributed by atoms with E-state index in [1.807, 2.05) is 12.1 Å². The highest BCUT2D eigenvalue weighted by molar-refractivity contribution is 7.10. The predicted octanol–water partition coefficient (Wildman–Crippen LogP) is 3.86. The molecule has 1 fully saturated rings. The Morgan fingerprint density at radius 2 is 2.15 bits per heavy atom. The van der Waals surface area contributed by atoms with Crippen molar-refractivity contribution in [2.45, 2.75) is 19.9 Å². The fraction of sp³-hybridized carbons (Fsp3) is 0.476. The van der Waals surface area contributed by atoms with E-state index in [2.05, 4.69) is 47.8 Å². The van der Waals surface area contributed by atoms with Crippen molar-refractivity contribution in [3.05, 3.63) is 40.6 Å². The molecular formula is C21H29N3O2S. The zero-order chi connectivity index (χ0) is 19.1. The topological polar surface area (TPSA) is 46.1 Å². The summed E-state index contributed by atoms with van der Waals surface area (Å²) in [5, 5.41) is 5.60. The molecule has 0 aliphatic carbocycles. The molecule has 1 aromatic carbocycles. The van der Waals surface area contributed by atoms with E-state index in [4.69, 9.17) is 14.5 Å². The largest absolute Gasteiger partial charge is 0.497 e. The molecule has 3 rings (SSSR count). The maximum Gasteiger partial charge on any atom is 0.194 e. The Labute approximate surface area is 166 Å². The van der Waals surface area contributed by atoms with E-state index >= 15 is 0 Å². The van der Waals surface area contributed by atoms with E-state index in [1.165, 1.54) is 16.0 Å². The number of methoxy groups -OCH3 is 1. The predicted molar refractivity (Wildman–Crippen MR) is 113 cm³/mol. The summed E-state index contributed by atoms with van der Waals surface area (Å²) in [5.41, 5.74) is 2.43. The van der Waals surface area contributed by atoms with Crippen molar-refractivity contribution in [2.24, 2.45) is 10.9 Å². The van der Waals surface area contributed by atoms with Crippen molar-refractivity contribution >= 4 is 17.3 Å². The minimum Gasteiger partial charge on any atom is -0.497 e. The van der Waals surface area contributed by atoms with Gasteiger partial charge in [0.05, 0.1) is 20.3 Å².